The summed E-state index contributed by atoms with van der Waals surface area (Å²) in [4.78, 5) is 25.4. The Morgan fingerprint density at radius 1 is 1.30 bits per heavy atom. The number of carbonyl (C=O) groups excluding carboxylic acids is 1. The Labute approximate surface area is 160 Å². The largest absolute Gasteiger partial charge is 0.348 e. The molecule has 1 N–H and O–H groups in total. The molecule has 27 heavy (non-hydrogen) atoms. The van der Waals surface area contributed by atoms with E-state index in [0.717, 1.165) is 45.4 Å². The first-order valence-corrected chi connectivity index (χ1v) is 9.70. The SMILES string of the molecule is CC(C)=CCN1CCc2[nH]cnc2C12CCN(C(=O)c1ccnn1C)CC2. The predicted octanol–water partition coefficient (Wildman–Crippen LogP) is 2.10. The van der Waals surface area contributed by atoms with E-state index >= 15 is 0 Å². The number of carbonyl (C=O) groups is 1. The topological polar surface area (TPSA) is 70.1 Å². The highest BCUT2D eigenvalue weighted by Gasteiger charge is 2.46. The molecule has 7 heteroatoms. The average molecular weight is 368 g/mol. The quantitative estimate of drug-likeness (QED) is 0.843. The maximum Gasteiger partial charge on any atom is 0.272 e. The molecule has 2 aromatic heterocycles. The van der Waals surface area contributed by atoms with Crippen LogP contribution in [0.4, 0.5) is 0 Å². The Morgan fingerprint density at radius 2 is 2.07 bits per heavy atom. The molecule has 1 fully saturated rings. The van der Waals surface area contributed by atoms with Gasteiger partial charge in [0.05, 0.1) is 17.6 Å². The van der Waals surface area contributed by atoms with E-state index in [4.69, 9.17) is 4.98 Å². The molecule has 0 unspecified atom stereocenters. The summed E-state index contributed by atoms with van der Waals surface area (Å²) in [5, 5.41) is 4.13. The fourth-order valence-corrected chi connectivity index (χ4v) is 4.46. The number of fused-ring (bicyclic) bond motifs is 2. The molecule has 2 aliphatic heterocycles. The number of nitrogens with one attached hydrogen (secondary N) is 1. The van der Waals surface area contributed by atoms with Crippen molar-refractivity contribution >= 4 is 5.91 Å². The van der Waals surface area contributed by atoms with Gasteiger partial charge in [-0.25, -0.2) is 4.98 Å². The number of rotatable bonds is 3. The molecule has 0 radical (unpaired) electrons. The van der Waals surface area contributed by atoms with Gasteiger partial charge in [-0.2, -0.15) is 5.10 Å². The maximum atomic E-state index is 12.9. The van der Waals surface area contributed by atoms with Crippen molar-refractivity contribution in [3.05, 3.63) is 47.3 Å². The van der Waals surface area contributed by atoms with Crippen LogP contribution in [0.25, 0.3) is 0 Å². The highest BCUT2D eigenvalue weighted by Crippen LogP contribution is 2.42. The number of aryl methyl sites for hydroxylation is 1. The normalized spacial score (nSPS) is 19.1. The Balaban J connectivity index is 1.57. The van der Waals surface area contributed by atoms with Crippen LogP contribution in [0.1, 0.15) is 48.6 Å². The van der Waals surface area contributed by atoms with Gasteiger partial charge in [0.25, 0.3) is 5.91 Å². The van der Waals surface area contributed by atoms with Crippen molar-refractivity contribution in [2.24, 2.45) is 7.05 Å². The van der Waals surface area contributed by atoms with Crippen molar-refractivity contribution in [2.45, 2.75) is 38.6 Å². The van der Waals surface area contributed by atoms with Crippen LogP contribution in [0.3, 0.4) is 0 Å². The first-order valence-electron chi connectivity index (χ1n) is 9.70. The van der Waals surface area contributed by atoms with Gasteiger partial charge in [0, 0.05) is 51.5 Å². The van der Waals surface area contributed by atoms with Crippen LogP contribution in [0, 0.1) is 0 Å². The zero-order valence-electron chi connectivity index (χ0n) is 16.4. The molecule has 4 heterocycles. The number of aromatic amines is 1. The number of allylic oxidation sites excluding steroid dienone is 1. The lowest BCUT2D eigenvalue weighted by Crippen LogP contribution is -2.57. The number of hydrogen-bond acceptors (Lipinski definition) is 4. The van der Waals surface area contributed by atoms with Crippen LogP contribution >= 0.6 is 0 Å². The molecule has 1 amide bonds. The Morgan fingerprint density at radius 3 is 2.74 bits per heavy atom. The number of H-pyrrole nitrogens is 1. The average Bonchev–Trinajstić information content (AvgIpc) is 3.30. The molecule has 0 atom stereocenters. The molecule has 144 valence electrons. The predicted molar refractivity (Wildman–Crippen MR) is 103 cm³/mol. The van der Waals surface area contributed by atoms with E-state index in [1.54, 1.807) is 16.9 Å². The van der Waals surface area contributed by atoms with Crippen molar-refractivity contribution in [1.82, 2.24) is 29.5 Å². The summed E-state index contributed by atoms with van der Waals surface area (Å²) in [6.45, 7) is 7.72. The van der Waals surface area contributed by atoms with Crippen molar-refractivity contribution < 1.29 is 4.79 Å². The molecule has 0 aliphatic carbocycles. The number of imidazole rings is 1. The van der Waals surface area contributed by atoms with Gasteiger partial charge in [-0.3, -0.25) is 14.4 Å². The Bertz CT molecular complexity index is 851. The third kappa shape index (κ3) is 3.10. The number of hydrogen-bond donors (Lipinski definition) is 1. The first kappa shape index (κ1) is 18.0. The molecule has 1 spiro atoms. The van der Waals surface area contributed by atoms with Crippen LogP contribution in [0.15, 0.2) is 30.2 Å². The highest BCUT2D eigenvalue weighted by molar-refractivity contribution is 5.92. The van der Waals surface area contributed by atoms with E-state index < -0.39 is 0 Å². The summed E-state index contributed by atoms with van der Waals surface area (Å²) < 4.78 is 1.65. The minimum atomic E-state index is -0.0806. The van der Waals surface area contributed by atoms with Crippen molar-refractivity contribution in [1.29, 1.82) is 0 Å². The van der Waals surface area contributed by atoms with Crippen molar-refractivity contribution in [3.8, 4) is 0 Å². The second-order valence-electron chi connectivity index (χ2n) is 7.87. The molecule has 4 rings (SSSR count). The molecule has 2 aromatic rings. The van der Waals surface area contributed by atoms with Gasteiger partial charge in [-0.05, 0) is 32.8 Å². The van der Waals surface area contributed by atoms with Gasteiger partial charge in [-0.1, -0.05) is 11.6 Å². The summed E-state index contributed by atoms with van der Waals surface area (Å²) in [7, 11) is 1.82. The van der Waals surface area contributed by atoms with E-state index in [0.29, 0.717) is 5.69 Å². The van der Waals surface area contributed by atoms with Crippen LogP contribution in [0.5, 0.6) is 0 Å². The fourth-order valence-electron chi connectivity index (χ4n) is 4.46. The lowest BCUT2D eigenvalue weighted by atomic mass is 9.78. The molecule has 0 bridgehead atoms. The number of nitrogens with zero attached hydrogens (tertiary/aromatic N) is 5. The smallest absolute Gasteiger partial charge is 0.272 e. The number of amides is 1. The zero-order chi connectivity index (χ0) is 19.0. The third-order valence-electron chi connectivity index (χ3n) is 6.03. The molecule has 0 saturated carbocycles. The molecule has 1 saturated heterocycles. The number of likely N-dealkylation sites (tertiary alicyclic amines) is 1. The summed E-state index contributed by atoms with van der Waals surface area (Å²) in [5.74, 6) is 0.0683. The van der Waals surface area contributed by atoms with Crippen molar-refractivity contribution in [2.75, 3.05) is 26.2 Å². The number of piperidine rings is 1. The maximum absolute atomic E-state index is 12.9. The summed E-state index contributed by atoms with van der Waals surface area (Å²) >= 11 is 0. The van der Waals surface area contributed by atoms with Crippen LogP contribution in [0.2, 0.25) is 0 Å². The summed E-state index contributed by atoms with van der Waals surface area (Å²) in [6, 6.07) is 1.79. The van der Waals surface area contributed by atoms with Gasteiger partial charge in [0.1, 0.15) is 5.69 Å². The minimum Gasteiger partial charge on any atom is -0.348 e. The van der Waals surface area contributed by atoms with Gasteiger partial charge >= 0.3 is 0 Å². The van der Waals surface area contributed by atoms with Gasteiger partial charge in [0.2, 0.25) is 0 Å². The molecular weight excluding hydrogens is 340 g/mol. The Hall–Kier alpha value is -2.41. The van der Waals surface area contributed by atoms with Gasteiger partial charge < -0.3 is 9.88 Å². The van der Waals surface area contributed by atoms with Gasteiger partial charge in [-0.15, -0.1) is 0 Å². The van der Waals surface area contributed by atoms with Crippen molar-refractivity contribution in [3.63, 3.8) is 0 Å². The number of aromatic nitrogens is 4. The monoisotopic (exact) mass is 368 g/mol. The van der Waals surface area contributed by atoms with E-state index in [2.05, 4.69) is 34.9 Å². The summed E-state index contributed by atoms with van der Waals surface area (Å²) in [5.41, 5.74) is 4.35. The third-order valence-corrected chi connectivity index (χ3v) is 6.03. The van der Waals surface area contributed by atoms with E-state index in [9.17, 15) is 4.79 Å². The molecule has 0 aromatic carbocycles. The van der Waals surface area contributed by atoms with Crippen LogP contribution in [-0.4, -0.2) is 61.6 Å². The van der Waals surface area contributed by atoms with E-state index in [1.807, 2.05) is 18.3 Å². The minimum absolute atomic E-state index is 0.0683. The highest BCUT2D eigenvalue weighted by atomic mass is 16.2. The first-order chi connectivity index (χ1) is 13.0. The van der Waals surface area contributed by atoms with Crippen LogP contribution < -0.4 is 0 Å². The standard InChI is InChI=1S/C20H28N6O/c1-15(2)5-10-26-11-6-16-18(22-14-21-16)20(26)7-12-25(13-8-20)19(27)17-4-9-23-24(17)3/h4-5,9,14H,6-8,10-13H2,1-3H3,(H,21,22). The zero-order valence-corrected chi connectivity index (χ0v) is 16.4. The van der Waals surface area contributed by atoms with E-state index in [1.165, 1.54) is 17.0 Å². The van der Waals surface area contributed by atoms with E-state index in [-0.39, 0.29) is 11.4 Å². The molecular formula is C20H28N6O. The fraction of sp³-hybridized carbons (Fsp3) is 0.550. The molecule has 7 nitrogen and oxygen atoms in total. The second-order valence-corrected chi connectivity index (χ2v) is 7.87. The lowest BCUT2D eigenvalue weighted by Gasteiger charge is -2.50. The second kappa shape index (κ2) is 6.96. The molecule has 2 aliphatic rings. The summed E-state index contributed by atoms with van der Waals surface area (Å²) in [6.07, 6.45) is 8.62. The lowest BCUT2D eigenvalue weighted by molar-refractivity contribution is 0.0135. The van der Waals surface area contributed by atoms with Crippen LogP contribution in [-0.2, 0) is 19.0 Å². The van der Waals surface area contributed by atoms with Gasteiger partial charge in [0.15, 0.2) is 0 Å². The Kier molecular flexibility index (Phi) is 4.63.